The molecule has 1 aromatic carbocycles. The fourth-order valence-electron chi connectivity index (χ4n) is 1.84. The summed E-state index contributed by atoms with van der Waals surface area (Å²) in [5.74, 6) is 0. The minimum Gasteiger partial charge on any atom is -0.254 e. The van der Waals surface area contributed by atoms with Crippen LogP contribution in [0.15, 0.2) is 24.3 Å². The van der Waals surface area contributed by atoms with E-state index < -0.39 is 27.0 Å². The quantitative estimate of drug-likeness (QED) is 0.620. The third-order valence-electron chi connectivity index (χ3n) is 2.80. The highest BCUT2D eigenvalue weighted by molar-refractivity contribution is 7.99. The third-order valence-corrected chi connectivity index (χ3v) is 4.79. The highest BCUT2D eigenvalue weighted by atomic mass is 32.2. The first kappa shape index (κ1) is 15.4. The standard InChI is InChI=1S/C12H11F3O3S2/c1-19-11-7-9-5-3-2-4-8(9)6-10(11)18-20(16,17)12(13,14)15/h2-7,10-11H,1H3. The minimum atomic E-state index is -5.61. The lowest BCUT2D eigenvalue weighted by atomic mass is 10.1. The Kier molecular flexibility index (Phi) is 4.17. The van der Waals surface area contributed by atoms with E-state index in [2.05, 4.69) is 4.18 Å². The largest absolute Gasteiger partial charge is 0.523 e. The zero-order valence-electron chi connectivity index (χ0n) is 10.3. The summed E-state index contributed by atoms with van der Waals surface area (Å²) in [6.07, 6.45) is 3.61. The number of hydrogen-bond donors (Lipinski definition) is 0. The van der Waals surface area contributed by atoms with Gasteiger partial charge < -0.3 is 0 Å². The second kappa shape index (κ2) is 5.42. The van der Waals surface area contributed by atoms with Crippen LogP contribution in [0.3, 0.4) is 0 Å². The van der Waals surface area contributed by atoms with Crippen LogP contribution in [0.25, 0.3) is 12.2 Å². The summed E-state index contributed by atoms with van der Waals surface area (Å²) >= 11 is 1.23. The maximum Gasteiger partial charge on any atom is 0.523 e. The van der Waals surface area contributed by atoms with E-state index in [-0.39, 0.29) is 0 Å². The Labute approximate surface area is 118 Å². The summed E-state index contributed by atoms with van der Waals surface area (Å²) < 4.78 is 63.7. The molecule has 0 aliphatic heterocycles. The van der Waals surface area contributed by atoms with Gasteiger partial charge >= 0.3 is 15.6 Å². The van der Waals surface area contributed by atoms with Gasteiger partial charge in [-0.1, -0.05) is 30.3 Å². The van der Waals surface area contributed by atoms with Gasteiger partial charge in [0, 0.05) is 0 Å². The molecule has 1 aliphatic rings. The van der Waals surface area contributed by atoms with Crippen LogP contribution in [0.4, 0.5) is 13.2 Å². The lowest BCUT2D eigenvalue weighted by molar-refractivity contribution is -0.0553. The molecule has 1 aliphatic carbocycles. The summed E-state index contributed by atoms with van der Waals surface area (Å²) in [5.41, 5.74) is -5.42. The molecular weight excluding hydrogens is 313 g/mol. The number of hydrogen-bond acceptors (Lipinski definition) is 4. The monoisotopic (exact) mass is 324 g/mol. The molecule has 0 aromatic heterocycles. The second-order valence-electron chi connectivity index (χ2n) is 4.12. The SMILES string of the molecule is CSC1C=c2ccccc2=CC1OS(=O)(=O)C(F)(F)F. The molecule has 0 saturated heterocycles. The first-order chi connectivity index (χ1) is 9.24. The Bertz CT molecular complexity index is 710. The Morgan fingerprint density at radius 3 is 2.20 bits per heavy atom. The molecule has 0 saturated carbocycles. The predicted octanol–water partition coefficient (Wildman–Crippen LogP) is 1.23. The van der Waals surface area contributed by atoms with Crippen molar-refractivity contribution in [2.75, 3.05) is 6.26 Å². The molecule has 3 nitrogen and oxygen atoms in total. The molecule has 2 unspecified atom stereocenters. The van der Waals surface area contributed by atoms with Gasteiger partial charge in [-0.05, 0) is 22.8 Å². The van der Waals surface area contributed by atoms with Crippen molar-refractivity contribution >= 4 is 34.0 Å². The number of alkyl halides is 3. The Balaban J connectivity index is 2.41. The molecular formula is C12H11F3O3S2. The van der Waals surface area contributed by atoms with Crippen molar-refractivity contribution in [2.24, 2.45) is 0 Å². The highest BCUT2D eigenvalue weighted by Gasteiger charge is 2.49. The van der Waals surface area contributed by atoms with E-state index in [1.54, 1.807) is 30.5 Å². The van der Waals surface area contributed by atoms with Gasteiger partial charge in [0.05, 0.1) is 5.25 Å². The smallest absolute Gasteiger partial charge is 0.254 e. The maximum atomic E-state index is 12.4. The fourth-order valence-corrected chi connectivity index (χ4v) is 3.18. The van der Waals surface area contributed by atoms with E-state index >= 15 is 0 Å². The number of fused-ring (bicyclic) bond motifs is 1. The van der Waals surface area contributed by atoms with Crippen molar-refractivity contribution < 1.29 is 25.8 Å². The molecule has 8 heteroatoms. The van der Waals surface area contributed by atoms with E-state index in [1.807, 2.05) is 6.07 Å². The number of rotatable bonds is 3. The number of thioether (sulfide) groups is 1. The first-order valence-corrected chi connectivity index (χ1v) is 8.25. The van der Waals surface area contributed by atoms with Gasteiger partial charge in [0.1, 0.15) is 6.10 Å². The van der Waals surface area contributed by atoms with Crippen LogP contribution in [0.1, 0.15) is 0 Å². The van der Waals surface area contributed by atoms with Gasteiger partial charge in [-0.2, -0.15) is 33.4 Å². The molecule has 0 heterocycles. The summed E-state index contributed by atoms with van der Waals surface area (Å²) in [5, 5.41) is 0.998. The lowest BCUT2D eigenvalue weighted by Gasteiger charge is -2.23. The van der Waals surface area contributed by atoms with Crippen LogP contribution in [0, 0.1) is 0 Å². The zero-order chi connectivity index (χ0) is 15.0. The van der Waals surface area contributed by atoms with Gasteiger partial charge in [-0.15, -0.1) is 0 Å². The van der Waals surface area contributed by atoms with Crippen molar-refractivity contribution in [3.05, 3.63) is 34.7 Å². The van der Waals surface area contributed by atoms with E-state index in [4.69, 9.17) is 0 Å². The van der Waals surface area contributed by atoms with Crippen LogP contribution in [0.5, 0.6) is 0 Å². The first-order valence-electron chi connectivity index (χ1n) is 5.56. The highest BCUT2D eigenvalue weighted by Crippen LogP contribution is 2.29. The van der Waals surface area contributed by atoms with Gasteiger partial charge in [-0.3, -0.25) is 4.18 Å². The third kappa shape index (κ3) is 3.02. The molecule has 0 radical (unpaired) electrons. The van der Waals surface area contributed by atoms with Crippen molar-refractivity contribution in [2.45, 2.75) is 16.9 Å². The van der Waals surface area contributed by atoms with Crippen LogP contribution >= 0.6 is 11.8 Å². The van der Waals surface area contributed by atoms with Crippen LogP contribution in [-0.4, -0.2) is 31.5 Å². The zero-order valence-corrected chi connectivity index (χ0v) is 11.9. The Morgan fingerprint density at radius 2 is 1.70 bits per heavy atom. The molecule has 0 bridgehead atoms. The molecule has 0 N–H and O–H groups in total. The summed E-state index contributed by atoms with van der Waals surface area (Å²) in [4.78, 5) is 0. The Hall–Kier alpha value is -0.990. The topological polar surface area (TPSA) is 43.4 Å². The minimum absolute atomic E-state index is 0.498. The normalized spacial score (nSPS) is 22.6. The summed E-state index contributed by atoms with van der Waals surface area (Å²) in [6.45, 7) is 0. The molecule has 110 valence electrons. The molecule has 0 fully saturated rings. The van der Waals surface area contributed by atoms with Crippen molar-refractivity contribution in [3.63, 3.8) is 0 Å². The Morgan fingerprint density at radius 1 is 1.15 bits per heavy atom. The van der Waals surface area contributed by atoms with E-state index in [1.165, 1.54) is 17.8 Å². The van der Waals surface area contributed by atoms with Crippen LogP contribution in [-0.2, 0) is 14.3 Å². The van der Waals surface area contributed by atoms with Gasteiger partial charge in [0.15, 0.2) is 0 Å². The molecule has 2 atom stereocenters. The van der Waals surface area contributed by atoms with Crippen molar-refractivity contribution in [1.29, 1.82) is 0 Å². The lowest BCUT2D eigenvalue weighted by Crippen LogP contribution is -2.40. The molecule has 0 spiro atoms. The average Bonchev–Trinajstić information content (AvgIpc) is 2.36. The number of benzene rings is 1. The summed E-state index contributed by atoms with van der Waals surface area (Å²) in [7, 11) is -5.61. The van der Waals surface area contributed by atoms with E-state index in [0.29, 0.717) is 5.22 Å². The van der Waals surface area contributed by atoms with Crippen molar-refractivity contribution in [3.8, 4) is 0 Å². The van der Waals surface area contributed by atoms with Crippen LogP contribution < -0.4 is 10.4 Å². The van der Waals surface area contributed by atoms with Gasteiger partial charge in [0.2, 0.25) is 0 Å². The molecule has 0 amide bonds. The average molecular weight is 324 g/mol. The second-order valence-corrected chi connectivity index (χ2v) is 6.70. The predicted molar refractivity (Wildman–Crippen MR) is 71.8 cm³/mol. The maximum absolute atomic E-state index is 12.4. The molecule has 2 rings (SSSR count). The van der Waals surface area contributed by atoms with Gasteiger partial charge in [0.25, 0.3) is 0 Å². The fraction of sp³-hybridized carbons (Fsp3) is 0.333. The molecule has 1 aromatic rings. The van der Waals surface area contributed by atoms with Crippen LogP contribution in [0.2, 0.25) is 0 Å². The number of halogens is 3. The van der Waals surface area contributed by atoms with Crippen molar-refractivity contribution in [1.82, 2.24) is 0 Å². The molecule has 20 heavy (non-hydrogen) atoms. The van der Waals surface area contributed by atoms with Gasteiger partial charge in [-0.25, -0.2) is 0 Å². The van der Waals surface area contributed by atoms with E-state index in [0.717, 1.165) is 5.22 Å². The summed E-state index contributed by atoms with van der Waals surface area (Å²) in [6, 6.07) is 7.02. The van der Waals surface area contributed by atoms with E-state index in [9.17, 15) is 21.6 Å².